The monoisotopic (exact) mass is 255 g/mol. The minimum atomic E-state index is -0.368. The van der Waals surface area contributed by atoms with Crippen molar-refractivity contribution >= 4 is 23.2 Å². The van der Waals surface area contributed by atoms with Crippen molar-refractivity contribution in [3.05, 3.63) is 56.9 Å². The Bertz CT molecular complexity index is 554. The summed E-state index contributed by atoms with van der Waals surface area (Å²) in [5.74, 6) is 0. The van der Waals surface area contributed by atoms with Crippen LogP contribution in [0.1, 0.15) is 5.69 Å². The summed E-state index contributed by atoms with van der Waals surface area (Å²) in [6, 6.07) is 5.46. The Morgan fingerprint density at radius 3 is 2.75 bits per heavy atom. The molecule has 0 aliphatic rings. The molecule has 0 N–H and O–H groups in total. The molecule has 6 heteroatoms. The van der Waals surface area contributed by atoms with Gasteiger partial charge in [-0.25, -0.2) is 4.98 Å². The second-order valence-corrected chi connectivity index (χ2v) is 3.84. The Kier molecular flexibility index (Phi) is 3.22. The van der Waals surface area contributed by atoms with Gasteiger partial charge in [-0.1, -0.05) is 29.3 Å². The summed E-state index contributed by atoms with van der Waals surface area (Å²) in [5, 5.41) is -0.0518. The van der Waals surface area contributed by atoms with E-state index in [1.807, 2.05) is 12.1 Å². The van der Waals surface area contributed by atoms with Crippen LogP contribution < -0.4 is 5.56 Å². The molecule has 2 rings (SSSR count). The van der Waals surface area contributed by atoms with Crippen molar-refractivity contribution in [1.29, 1.82) is 0 Å². The number of halogens is 2. The summed E-state index contributed by atoms with van der Waals surface area (Å²) in [5.41, 5.74) is 0.386. The molecule has 0 aliphatic heterocycles. The molecule has 0 unspecified atom stereocenters. The van der Waals surface area contributed by atoms with Gasteiger partial charge in [0.25, 0.3) is 5.56 Å². The molecule has 0 radical (unpaired) electrons. The summed E-state index contributed by atoms with van der Waals surface area (Å²) >= 11 is 11.3. The first-order valence-corrected chi connectivity index (χ1v) is 5.24. The molecular formula is C10H7Cl2N3O. The second kappa shape index (κ2) is 4.63. The average Bonchev–Trinajstić information content (AvgIpc) is 2.31. The standard InChI is InChI=1S/C10H7Cl2N3O/c11-8-9(12)14-6-15(10(8)16)5-7-3-1-2-4-13-7/h1-4,6H,5H2. The lowest BCUT2D eigenvalue weighted by molar-refractivity contribution is 0.719. The van der Waals surface area contributed by atoms with E-state index in [4.69, 9.17) is 23.2 Å². The van der Waals surface area contributed by atoms with Crippen LogP contribution in [0.4, 0.5) is 0 Å². The maximum Gasteiger partial charge on any atom is 0.274 e. The Hall–Kier alpha value is -1.39. The van der Waals surface area contributed by atoms with Gasteiger partial charge in [-0.3, -0.25) is 14.3 Å². The maximum absolute atomic E-state index is 11.7. The molecule has 16 heavy (non-hydrogen) atoms. The minimum absolute atomic E-state index is 0.0175. The zero-order chi connectivity index (χ0) is 11.5. The third kappa shape index (κ3) is 2.23. The van der Waals surface area contributed by atoms with Crippen LogP contribution in [0, 0.1) is 0 Å². The van der Waals surface area contributed by atoms with Crippen molar-refractivity contribution in [2.75, 3.05) is 0 Å². The highest BCUT2D eigenvalue weighted by atomic mass is 35.5. The van der Waals surface area contributed by atoms with Crippen molar-refractivity contribution in [3.8, 4) is 0 Å². The average molecular weight is 256 g/mol. The van der Waals surface area contributed by atoms with Gasteiger partial charge in [0, 0.05) is 6.20 Å². The van der Waals surface area contributed by atoms with Crippen LogP contribution in [0.15, 0.2) is 35.5 Å². The van der Waals surface area contributed by atoms with Crippen LogP contribution in [-0.2, 0) is 6.54 Å². The zero-order valence-corrected chi connectivity index (χ0v) is 9.61. The van der Waals surface area contributed by atoms with Gasteiger partial charge in [-0.05, 0) is 12.1 Å². The first-order valence-electron chi connectivity index (χ1n) is 4.49. The van der Waals surface area contributed by atoms with E-state index < -0.39 is 0 Å². The summed E-state index contributed by atoms with van der Waals surface area (Å²) in [6.45, 7) is 0.323. The number of hydrogen-bond donors (Lipinski definition) is 0. The lowest BCUT2D eigenvalue weighted by Gasteiger charge is -2.05. The fourth-order valence-corrected chi connectivity index (χ4v) is 1.50. The van der Waals surface area contributed by atoms with Crippen molar-refractivity contribution in [2.24, 2.45) is 0 Å². The van der Waals surface area contributed by atoms with Crippen LogP contribution in [-0.4, -0.2) is 14.5 Å². The molecule has 4 nitrogen and oxygen atoms in total. The van der Waals surface area contributed by atoms with Crippen molar-refractivity contribution in [2.45, 2.75) is 6.54 Å². The van der Waals surface area contributed by atoms with Crippen molar-refractivity contribution in [3.63, 3.8) is 0 Å². The lowest BCUT2D eigenvalue weighted by Crippen LogP contribution is -2.22. The number of rotatable bonds is 2. The topological polar surface area (TPSA) is 47.8 Å². The van der Waals surface area contributed by atoms with Crippen molar-refractivity contribution < 1.29 is 0 Å². The Morgan fingerprint density at radius 2 is 2.06 bits per heavy atom. The van der Waals surface area contributed by atoms with Gasteiger partial charge in [-0.2, -0.15) is 0 Å². The molecule has 0 aromatic carbocycles. The molecule has 0 bridgehead atoms. The summed E-state index contributed by atoms with van der Waals surface area (Å²) < 4.78 is 1.36. The van der Waals surface area contributed by atoms with E-state index in [9.17, 15) is 4.79 Å². The molecule has 0 aliphatic carbocycles. The first kappa shape index (κ1) is 11.1. The molecule has 0 spiro atoms. The number of aromatic nitrogens is 3. The van der Waals surface area contributed by atoms with E-state index in [0.29, 0.717) is 6.54 Å². The second-order valence-electron chi connectivity index (χ2n) is 3.10. The molecule has 2 aromatic heterocycles. The third-order valence-electron chi connectivity index (χ3n) is 2.00. The minimum Gasteiger partial charge on any atom is -0.292 e. The van der Waals surface area contributed by atoms with E-state index in [2.05, 4.69) is 9.97 Å². The summed E-state index contributed by atoms with van der Waals surface area (Å²) in [6.07, 6.45) is 3.01. The molecule has 0 fully saturated rings. The quantitative estimate of drug-likeness (QED) is 0.772. The highest BCUT2D eigenvalue weighted by molar-refractivity contribution is 6.40. The van der Waals surface area contributed by atoms with E-state index in [0.717, 1.165) is 5.69 Å². The lowest BCUT2D eigenvalue weighted by atomic mass is 10.3. The van der Waals surface area contributed by atoms with E-state index in [1.165, 1.54) is 10.9 Å². The van der Waals surface area contributed by atoms with Gasteiger partial charge in [0.05, 0.1) is 18.6 Å². The van der Waals surface area contributed by atoms with E-state index in [-0.39, 0.29) is 15.7 Å². The number of nitrogens with zero attached hydrogens (tertiary/aromatic N) is 3. The highest BCUT2D eigenvalue weighted by Crippen LogP contribution is 2.12. The molecule has 0 atom stereocenters. The Balaban J connectivity index is 2.37. The predicted molar refractivity (Wildman–Crippen MR) is 61.9 cm³/mol. The van der Waals surface area contributed by atoms with Crippen LogP contribution in [0.25, 0.3) is 0 Å². The molecule has 0 saturated carbocycles. The predicted octanol–water partition coefficient (Wildman–Crippen LogP) is 1.99. The maximum atomic E-state index is 11.7. The first-order chi connectivity index (χ1) is 7.68. The zero-order valence-electron chi connectivity index (χ0n) is 8.10. The van der Waals surface area contributed by atoms with Gasteiger partial charge in [0.1, 0.15) is 5.02 Å². The van der Waals surface area contributed by atoms with Crippen LogP contribution in [0.3, 0.4) is 0 Å². The SMILES string of the molecule is O=c1c(Cl)c(Cl)ncn1Cc1ccccn1. The smallest absolute Gasteiger partial charge is 0.274 e. The van der Waals surface area contributed by atoms with Crippen LogP contribution >= 0.6 is 23.2 Å². The van der Waals surface area contributed by atoms with Crippen molar-refractivity contribution in [1.82, 2.24) is 14.5 Å². The Morgan fingerprint density at radius 1 is 1.25 bits per heavy atom. The summed E-state index contributed by atoms with van der Waals surface area (Å²) in [7, 11) is 0. The van der Waals surface area contributed by atoms with Gasteiger partial charge in [0.2, 0.25) is 0 Å². The highest BCUT2D eigenvalue weighted by Gasteiger charge is 2.07. The van der Waals surface area contributed by atoms with Crippen LogP contribution in [0.2, 0.25) is 10.2 Å². The Labute approximate surface area is 101 Å². The van der Waals surface area contributed by atoms with Gasteiger partial charge in [0.15, 0.2) is 5.15 Å². The fourth-order valence-electron chi connectivity index (χ4n) is 1.22. The van der Waals surface area contributed by atoms with Gasteiger partial charge in [-0.15, -0.1) is 0 Å². The van der Waals surface area contributed by atoms with E-state index >= 15 is 0 Å². The van der Waals surface area contributed by atoms with Crippen LogP contribution in [0.5, 0.6) is 0 Å². The molecule has 0 saturated heterocycles. The molecular weight excluding hydrogens is 249 g/mol. The third-order valence-corrected chi connectivity index (χ3v) is 2.72. The largest absolute Gasteiger partial charge is 0.292 e. The van der Waals surface area contributed by atoms with Gasteiger partial charge < -0.3 is 0 Å². The number of hydrogen-bond acceptors (Lipinski definition) is 3. The number of pyridine rings is 1. The normalized spacial score (nSPS) is 10.4. The van der Waals surface area contributed by atoms with Gasteiger partial charge >= 0.3 is 0 Å². The molecule has 2 heterocycles. The fraction of sp³-hybridized carbons (Fsp3) is 0.100. The molecule has 0 amide bonds. The molecule has 2 aromatic rings. The molecule has 82 valence electrons. The van der Waals surface area contributed by atoms with E-state index in [1.54, 1.807) is 12.3 Å². The summed E-state index contributed by atoms with van der Waals surface area (Å²) in [4.78, 5) is 19.6.